The van der Waals surface area contributed by atoms with Gasteiger partial charge >= 0.3 is 5.97 Å². The molecule has 0 bridgehead atoms. The van der Waals surface area contributed by atoms with Crippen LogP contribution in [0.15, 0.2) is 22.7 Å². The third-order valence-electron chi connectivity index (χ3n) is 2.56. The number of halogens is 2. The minimum Gasteiger partial charge on any atom is -0.480 e. The van der Waals surface area contributed by atoms with E-state index in [1.807, 2.05) is 0 Å². The van der Waals surface area contributed by atoms with Crippen LogP contribution in [0.5, 0.6) is 5.75 Å². The molecule has 1 aromatic rings. The summed E-state index contributed by atoms with van der Waals surface area (Å²) in [6.45, 7) is 3.26. The van der Waals surface area contributed by atoms with Gasteiger partial charge < -0.3 is 14.7 Å². The number of carbonyl (C=O) groups is 2. The van der Waals surface area contributed by atoms with E-state index in [1.165, 1.54) is 4.90 Å². The van der Waals surface area contributed by atoms with Gasteiger partial charge in [-0.25, -0.2) is 0 Å². The lowest BCUT2D eigenvalue weighted by atomic mass is 10.3. The van der Waals surface area contributed by atoms with Crippen molar-refractivity contribution in [2.45, 2.75) is 20.0 Å². The van der Waals surface area contributed by atoms with E-state index in [4.69, 9.17) is 21.4 Å². The fourth-order valence-corrected chi connectivity index (χ4v) is 2.35. The Morgan fingerprint density at radius 3 is 2.65 bits per heavy atom. The summed E-state index contributed by atoms with van der Waals surface area (Å²) in [5.74, 6) is -0.960. The van der Waals surface area contributed by atoms with Crippen molar-refractivity contribution < 1.29 is 19.4 Å². The topological polar surface area (TPSA) is 66.8 Å². The minimum atomic E-state index is -1.06. The molecule has 0 aromatic heterocycles. The zero-order valence-electron chi connectivity index (χ0n) is 11.1. The number of hydrogen-bond acceptors (Lipinski definition) is 3. The second kappa shape index (κ2) is 7.50. The first-order chi connectivity index (χ1) is 9.35. The van der Waals surface area contributed by atoms with Crippen LogP contribution >= 0.6 is 27.5 Å². The third kappa shape index (κ3) is 4.68. The molecule has 5 nitrogen and oxygen atoms in total. The molecule has 1 amide bonds. The first-order valence-corrected chi connectivity index (χ1v) is 7.14. The van der Waals surface area contributed by atoms with Crippen molar-refractivity contribution in [2.24, 2.45) is 0 Å². The number of carboxylic acid groups (broad SMARTS) is 1. The summed E-state index contributed by atoms with van der Waals surface area (Å²) in [5.41, 5.74) is 0. The molecule has 0 saturated heterocycles. The molecule has 20 heavy (non-hydrogen) atoms. The Bertz CT molecular complexity index is 509. The number of benzene rings is 1. The number of carbonyl (C=O) groups excluding carboxylic acids is 1. The summed E-state index contributed by atoms with van der Waals surface area (Å²) < 4.78 is 6.17. The Balaban J connectivity index is 2.76. The lowest BCUT2D eigenvalue weighted by Crippen LogP contribution is -2.43. The molecule has 0 aliphatic carbocycles. The Kier molecular flexibility index (Phi) is 6.29. The second-order valence-electron chi connectivity index (χ2n) is 4.08. The van der Waals surface area contributed by atoms with Crippen LogP contribution in [0, 0.1) is 0 Å². The summed E-state index contributed by atoms with van der Waals surface area (Å²) in [5, 5.41) is 9.30. The number of likely N-dealkylation sites (N-methyl/N-ethyl adjacent to an activating group) is 1. The van der Waals surface area contributed by atoms with E-state index in [0.717, 1.165) is 0 Å². The van der Waals surface area contributed by atoms with E-state index in [9.17, 15) is 9.59 Å². The van der Waals surface area contributed by atoms with Gasteiger partial charge in [0.25, 0.3) is 5.91 Å². The van der Waals surface area contributed by atoms with Crippen LogP contribution in [0.2, 0.25) is 5.02 Å². The number of nitrogens with zero attached hydrogens (tertiary/aromatic N) is 1. The van der Waals surface area contributed by atoms with E-state index < -0.39 is 12.1 Å². The normalized spacial score (nSPS) is 11.8. The van der Waals surface area contributed by atoms with Crippen molar-refractivity contribution in [3.05, 3.63) is 27.7 Å². The van der Waals surface area contributed by atoms with Gasteiger partial charge in [-0.05, 0) is 48.0 Å². The van der Waals surface area contributed by atoms with Gasteiger partial charge in [0.2, 0.25) is 0 Å². The zero-order chi connectivity index (χ0) is 15.3. The summed E-state index contributed by atoms with van der Waals surface area (Å²) in [7, 11) is 0. The van der Waals surface area contributed by atoms with E-state index in [-0.39, 0.29) is 12.5 Å². The predicted octanol–water partition coefficient (Wildman–Crippen LogP) is 2.80. The van der Waals surface area contributed by atoms with E-state index in [2.05, 4.69) is 15.9 Å². The first-order valence-electron chi connectivity index (χ1n) is 5.97. The molecular formula is C13H15BrClNO4. The van der Waals surface area contributed by atoms with Gasteiger partial charge in [-0.2, -0.15) is 0 Å². The summed E-state index contributed by atoms with van der Waals surface area (Å²) in [6, 6.07) is 4.94. The molecular weight excluding hydrogens is 350 g/mol. The summed E-state index contributed by atoms with van der Waals surface area (Å²) >= 11 is 9.11. The molecule has 7 heteroatoms. The SMILES string of the molecule is CCN(CC(=O)O)C(=O)C(C)Oc1ccc(Cl)cc1Br. The molecule has 0 spiro atoms. The van der Waals surface area contributed by atoms with Crippen LogP contribution in [0.3, 0.4) is 0 Å². The van der Waals surface area contributed by atoms with Gasteiger partial charge in [-0.3, -0.25) is 9.59 Å². The maximum Gasteiger partial charge on any atom is 0.323 e. The van der Waals surface area contributed by atoms with Crippen LogP contribution in [0.1, 0.15) is 13.8 Å². The molecule has 0 saturated carbocycles. The number of rotatable bonds is 6. The Morgan fingerprint density at radius 2 is 2.15 bits per heavy atom. The molecule has 1 rings (SSSR count). The van der Waals surface area contributed by atoms with E-state index in [1.54, 1.807) is 32.0 Å². The molecule has 1 unspecified atom stereocenters. The van der Waals surface area contributed by atoms with E-state index in [0.29, 0.717) is 21.8 Å². The van der Waals surface area contributed by atoms with Crippen molar-refractivity contribution in [2.75, 3.05) is 13.1 Å². The highest BCUT2D eigenvalue weighted by molar-refractivity contribution is 9.10. The summed E-state index contributed by atoms with van der Waals surface area (Å²) in [6.07, 6.45) is -0.785. The summed E-state index contributed by atoms with van der Waals surface area (Å²) in [4.78, 5) is 24.0. The molecule has 1 atom stereocenters. The molecule has 0 radical (unpaired) electrons. The van der Waals surface area contributed by atoms with Crippen molar-refractivity contribution >= 4 is 39.4 Å². The molecule has 1 N–H and O–H groups in total. The molecule has 0 fully saturated rings. The third-order valence-corrected chi connectivity index (χ3v) is 3.42. The fourth-order valence-electron chi connectivity index (χ4n) is 1.58. The monoisotopic (exact) mass is 363 g/mol. The minimum absolute atomic E-state index is 0.306. The van der Waals surface area contributed by atoms with Crippen molar-refractivity contribution in [3.8, 4) is 5.75 Å². The highest BCUT2D eigenvalue weighted by Crippen LogP contribution is 2.28. The van der Waals surface area contributed by atoms with Crippen LogP contribution in [-0.4, -0.2) is 41.1 Å². The van der Waals surface area contributed by atoms with Crippen LogP contribution in [-0.2, 0) is 9.59 Å². The largest absolute Gasteiger partial charge is 0.480 e. The lowest BCUT2D eigenvalue weighted by Gasteiger charge is -2.23. The lowest BCUT2D eigenvalue weighted by molar-refractivity contribution is -0.147. The molecule has 1 aromatic carbocycles. The molecule has 110 valence electrons. The number of aliphatic carboxylic acids is 1. The van der Waals surface area contributed by atoms with Crippen LogP contribution < -0.4 is 4.74 Å². The second-order valence-corrected chi connectivity index (χ2v) is 5.37. The Labute approximate surface area is 130 Å². The first kappa shape index (κ1) is 16.8. The van der Waals surface area contributed by atoms with Gasteiger partial charge in [0.05, 0.1) is 4.47 Å². The van der Waals surface area contributed by atoms with E-state index >= 15 is 0 Å². The number of carboxylic acids is 1. The van der Waals surface area contributed by atoms with Crippen LogP contribution in [0.4, 0.5) is 0 Å². The predicted molar refractivity (Wildman–Crippen MR) is 79.1 cm³/mol. The Morgan fingerprint density at radius 1 is 1.50 bits per heavy atom. The standard InChI is InChI=1S/C13H15BrClNO4/c1-3-16(7-12(17)18)13(19)8(2)20-11-5-4-9(15)6-10(11)14/h4-6,8H,3,7H2,1-2H3,(H,17,18). The average Bonchev–Trinajstić information content (AvgIpc) is 2.38. The molecule has 0 heterocycles. The van der Waals surface area contributed by atoms with Crippen molar-refractivity contribution in [1.82, 2.24) is 4.90 Å². The maximum atomic E-state index is 12.1. The Hall–Kier alpha value is -1.27. The highest BCUT2D eigenvalue weighted by atomic mass is 79.9. The van der Waals surface area contributed by atoms with Gasteiger partial charge in [0, 0.05) is 11.6 Å². The maximum absolute atomic E-state index is 12.1. The van der Waals surface area contributed by atoms with Crippen molar-refractivity contribution in [1.29, 1.82) is 0 Å². The van der Waals surface area contributed by atoms with Gasteiger partial charge in [0.15, 0.2) is 6.10 Å². The average molecular weight is 365 g/mol. The molecule has 0 aliphatic rings. The van der Waals surface area contributed by atoms with Gasteiger partial charge in [-0.15, -0.1) is 0 Å². The molecule has 0 aliphatic heterocycles. The van der Waals surface area contributed by atoms with Gasteiger partial charge in [0.1, 0.15) is 12.3 Å². The van der Waals surface area contributed by atoms with Crippen LogP contribution in [0.25, 0.3) is 0 Å². The van der Waals surface area contributed by atoms with Gasteiger partial charge in [-0.1, -0.05) is 11.6 Å². The number of ether oxygens (including phenoxy) is 1. The highest BCUT2D eigenvalue weighted by Gasteiger charge is 2.23. The van der Waals surface area contributed by atoms with Crippen molar-refractivity contribution in [3.63, 3.8) is 0 Å². The quantitative estimate of drug-likeness (QED) is 0.843. The number of hydrogen-bond donors (Lipinski definition) is 1. The fraction of sp³-hybridized carbons (Fsp3) is 0.385. The number of amides is 1. The zero-order valence-corrected chi connectivity index (χ0v) is 13.4. The smallest absolute Gasteiger partial charge is 0.323 e.